The van der Waals surface area contributed by atoms with Crippen molar-refractivity contribution >= 4 is 19.4 Å². The van der Waals surface area contributed by atoms with E-state index in [2.05, 4.69) is 4.98 Å². The molecule has 3 atom stereocenters. The highest BCUT2D eigenvalue weighted by molar-refractivity contribution is 7.49. The summed E-state index contributed by atoms with van der Waals surface area (Å²) in [6, 6.07) is 1.77. The van der Waals surface area contributed by atoms with Gasteiger partial charge in [0.25, 0.3) is 5.56 Å². The number of phosphoric acid groups is 1. The van der Waals surface area contributed by atoms with E-state index in [-0.39, 0.29) is 29.5 Å². The monoisotopic (exact) mass is 544 g/mol. The molecule has 2 aliphatic rings. The molecule has 198 valence electrons. The second kappa shape index (κ2) is 9.40. The van der Waals surface area contributed by atoms with Crippen molar-refractivity contribution < 1.29 is 27.3 Å². The molecule has 4 rings (SSSR count). The average molecular weight is 545 g/mol. The first kappa shape index (κ1) is 27.1. The third-order valence-corrected chi connectivity index (χ3v) is 7.82. The molecule has 36 heavy (non-hydrogen) atoms. The minimum Gasteiger partial charge on any atom is -0.403 e. The maximum absolute atomic E-state index is 15.4. The number of halogens is 2. The molecule has 0 amide bonds. The molecular formula is C24H31ClFN2O7P. The van der Waals surface area contributed by atoms with Crippen molar-refractivity contribution in [1.29, 1.82) is 0 Å². The Balaban J connectivity index is 1.52. The number of H-pyrrole nitrogens is 1. The van der Waals surface area contributed by atoms with Crippen molar-refractivity contribution in [3.8, 4) is 5.75 Å². The van der Waals surface area contributed by atoms with Crippen molar-refractivity contribution in [3.05, 3.63) is 60.6 Å². The van der Waals surface area contributed by atoms with Crippen molar-refractivity contribution in [1.82, 2.24) is 9.55 Å². The Labute approximate surface area is 213 Å². The van der Waals surface area contributed by atoms with Gasteiger partial charge in [-0.3, -0.25) is 23.4 Å². The molecular weight excluding hydrogens is 514 g/mol. The highest BCUT2D eigenvalue weighted by Crippen LogP contribution is 2.58. The first-order chi connectivity index (χ1) is 16.6. The lowest BCUT2D eigenvalue weighted by molar-refractivity contribution is -0.0265. The Hall–Kier alpha value is -1.97. The first-order valence-electron chi connectivity index (χ1n) is 11.7. The number of fused-ring (bicyclic) bond motifs is 1. The lowest BCUT2D eigenvalue weighted by atomic mass is 9.78. The summed E-state index contributed by atoms with van der Waals surface area (Å²) in [6.07, 6.45) is 0.959. The number of aromatic nitrogens is 2. The number of ether oxygens (including phenoxy) is 1. The van der Waals surface area contributed by atoms with E-state index >= 15 is 4.39 Å². The Bertz CT molecular complexity index is 1340. The van der Waals surface area contributed by atoms with Crippen molar-refractivity contribution in [3.63, 3.8) is 0 Å². The quantitative estimate of drug-likeness (QED) is 0.518. The Morgan fingerprint density at radius 1 is 1.17 bits per heavy atom. The molecule has 0 radical (unpaired) electrons. The van der Waals surface area contributed by atoms with E-state index in [9.17, 15) is 14.2 Å². The fraction of sp³-hybridized carbons (Fsp3) is 0.583. The highest BCUT2D eigenvalue weighted by atomic mass is 35.5. The Kier molecular flexibility index (Phi) is 7.07. The zero-order valence-electron chi connectivity index (χ0n) is 21.1. The van der Waals surface area contributed by atoms with Crippen LogP contribution in [0.4, 0.5) is 4.39 Å². The Morgan fingerprint density at radius 3 is 2.47 bits per heavy atom. The second-order valence-electron chi connectivity index (χ2n) is 11.1. The summed E-state index contributed by atoms with van der Waals surface area (Å²) in [5.41, 5.74) is -0.750. The summed E-state index contributed by atoms with van der Waals surface area (Å²) in [5.74, 6) is -0.258. The van der Waals surface area contributed by atoms with E-state index in [4.69, 9.17) is 29.9 Å². The van der Waals surface area contributed by atoms with Gasteiger partial charge in [0.2, 0.25) is 0 Å². The van der Waals surface area contributed by atoms with Crippen LogP contribution in [0.5, 0.6) is 5.75 Å². The number of benzene rings is 1. The van der Waals surface area contributed by atoms with E-state index in [1.165, 1.54) is 10.8 Å². The SMILES string of the molecule is CC(C)(C)c1cc(C(C)(C)C)c2c(c1F)COP(=O)(OCC1CCC(n3cc(Cl)c(=O)[nH]c3=O)O1)O2. The van der Waals surface area contributed by atoms with E-state index in [0.717, 1.165) is 0 Å². The van der Waals surface area contributed by atoms with Crippen LogP contribution < -0.4 is 15.8 Å². The third kappa shape index (κ3) is 5.34. The first-order valence-corrected chi connectivity index (χ1v) is 13.5. The minimum absolute atomic E-state index is 0.137. The van der Waals surface area contributed by atoms with Crippen LogP contribution >= 0.6 is 19.4 Å². The number of aromatic amines is 1. The van der Waals surface area contributed by atoms with Gasteiger partial charge in [-0.15, -0.1) is 0 Å². The van der Waals surface area contributed by atoms with Gasteiger partial charge in [0.1, 0.15) is 22.8 Å². The molecule has 0 spiro atoms. The fourth-order valence-electron chi connectivity index (χ4n) is 4.24. The van der Waals surface area contributed by atoms with Gasteiger partial charge >= 0.3 is 13.5 Å². The van der Waals surface area contributed by atoms with Gasteiger partial charge in [0.05, 0.1) is 24.9 Å². The summed E-state index contributed by atoms with van der Waals surface area (Å²) >= 11 is 5.83. The molecule has 3 heterocycles. The van der Waals surface area contributed by atoms with E-state index < -0.39 is 48.1 Å². The molecule has 1 saturated heterocycles. The fourth-order valence-corrected chi connectivity index (χ4v) is 5.64. The molecule has 2 aromatic rings. The molecule has 1 N–H and O–H groups in total. The number of nitrogens with zero attached hydrogens (tertiary/aromatic N) is 1. The van der Waals surface area contributed by atoms with Crippen LogP contribution in [0.15, 0.2) is 21.9 Å². The number of hydrogen-bond acceptors (Lipinski definition) is 7. The third-order valence-electron chi connectivity index (χ3n) is 6.23. The van der Waals surface area contributed by atoms with Crippen molar-refractivity contribution in [2.24, 2.45) is 0 Å². The highest BCUT2D eigenvalue weighted by Gasteiger charge is 2.41. The van der Waals surface area contributed by atoms with Crippen LogP contribution in [-0.4, -0.2) is 22.3 Å². The van der Waals surface area contributed by atoms with Gasteiger partial charge in [-0.05, 0) is 35.3 Å². The van der Waals surface area contributed by atoms with E-state index in [1.807, 2.05) is 41.5 Å². The normalized spacial score (nSPS) is 24.4. The molecule has 0 bridgehead atoms. The zero-order chi connectivity index (χ0) is 26.6. The Morgan fingerprint density at radius 2 is 1.83 bits per heavy atom. The standard InChI is InChI=1S/C24H31ClFN2O7P/c1-23(2,3)15-9-16(24(4,5)6)20-14(19(15)26)12-33-36(31,35-20)32-11-13-7-8-18(34-13)28-10-17(25)21(29)27-22(28)30/h9-10,13,18H,7-8,11-12H2,1-6H3,(H,27,29,30). The van der Waals surface area contributed by atoms with Crippen LogP contribution in [0.2, 0.25) is 5.02 Å². The molecule has 9 nitrogen and oxygen atoms in total. The summed E-state index contributed by atoms with van der Waals surface area (Å²) < 4.78 is 52.6. The van der Waals surface area contributed by atoms with Crippen molar-refractivity contribution in [2.75, 3.05) is 6.61 Å². The van der Waals surface area contributed by atoms with Gasteiger partial charge in [0.15, 0.2) is 0 Å². The molecule has 0 saturated carbocycles. The molecule has 3 unspecified atom stereocenters. The zero-order valence-corrected chi connectivity index (χ0v) is 22.8. The predicted octanol–water partition coefficient (Wildman–Crippen LogP) is 5.34. The summed E-state index contributed by atoms with van der Waals surface area (Å²) in [6.45, 7) is 11.3. The average Bonchev–Trinajstić information content (AvgIpc) is 3.22. The molecule has 12 heteroatoms. The van der Waals surface area contributed by atoms with Crippen LogP contribution in [0.25, 0.3) is 0 Å². The number of rotatable bonds is 4. The van der Waals surface area contributed by atoms with Gasteiger partial charge in [0, 0.05) is 11.8 Å². The lowest BCUT2D eigenvalue weighted by Crippen LogP contribution is -2.32. The van der Waals surface area contributed by atoms with Crippen LogP contribution in [0, 0.1) is 5.82 Å². The molecule has 1 aromatic carbocycles. The van der Waals surface area contributed by atoms with Gasteiger partial charge in [-0.1, -0.05) is 53.1 Å². The number of nitrogens with one attached hydrogen (secondary N) is 1. The second-order valence-corrected chi connectivity index (χ2v) is 13.1. The molecule has 2 aliphatic heterocycles. The number of hydrogen-bond donors (Lipinski definition) is 1. The molecule has 1 aromatic heterocycles. The minimum atomic E-state index is -4.07. The van der Waals surface area contributed by atoms with Crippen molar-refractivity contribution in [2.45, 2.75) is 84.2 Å². The van der Waals surface area contributed by atoms with Gasteiger partial charge in [-0.25, -0.2) is 13.8 Å². The van der Waals surface area contributed by atoms with Gasteiger partial charge < -0.3 is 9.26 Å². The van der Waals surface area contributed by atoms with E-state index in [1.54, 1.807) is 6.07 Å². The van der Waals surface area contributed by atoms with Gasteiger partial charge in [-0.2, -0.15) is 0 Å². The molecule has 1 fully saturated rings. The summed E-state index contributed by atoms with van der Waals surface area (Å²) in [7, 11) is -4.07. The summed E-state index contributed by atoms with van der Waals surface area (Å²) in [4.78, 5) is 25.7. The van der Waals surface area contributed by atoms with Crippen LogP contribution in [-0.2, 0) is 35.8 Å². The van der Waals surface area contributed by atoms with Crippen LogP contribution in [0.3, 0.4) is 0 Å². The maximum atomic E-state index is 15.4. The molecule has 0 aliphatic carbocycles. The number of phosphoric ester groups is 1. The summed E-state index contributed by atoms with van der Waals surface area (Å²) in [5, 5.41) is -0.137. The largest absolute Gasteiger partial charge is 0.530 e. The smallest absolute Gasteiger partial charge is 0.403 e. The maximum Gasteiger partial charge on any atom is 0.530 e. The van der Waals surface area contributed by atoms with E-state index in [0.29, 0.717) is 24.0 Å². The lowest BCUT2D eigenvalue weighted by Gasteiger charge is -2.33. The predicted molar refractivity (Wildman–Crippen MR) is 132 cm³/mol. The topological polar surface area (TPSA) is 109 Å². The van der Waals surface area contributed by atoms with Crippen LogP contribution in [0.1, 0.15) is 77.3 Å².